The zero-order chi connectivity index (χ0) is 12.1. The zero-order valence-electron chi connectivity index (χ0n) is 9.71. The highest BCUT2D eigenvalue weighted by Crippen LogP contribution is 2.21. The van der Waals surface area contributed by atoms with Crippen LogP contribution >= 0.6 is 12.2 Å². The van der Waals surface area contributed by atoms with E-state index < -0.39 is 0 Å². The summed E-state index contributed by atoms with van der Waals surface area (Å²) in [5.41, 5.74) is 1.01. The van der Waals surface area contributed by atoms with Crippen molar-refractivity contribution < 1.29 is 0 Å². The van der Waals surface area contributed by atoms with Crippen molar-refractivity contribution in [2.45, 2.75) is 33.1 Å². The van der Waals surface area contributed by atoms with Crippen molar-refractivity contribution in [3.63, 3.8) is 0 Å². The molecule has 2 heterocycles. The second-order valence-corrected chi connectivity index (χ2v) is 5.25. The van der Waals surface area contributed by atoms with Gasteiger partial charge >= 0.3 is 5.69 Å². The van der Waals surface area contributed by atoms with E-state index in [2.05, 4.69) is 15.0 Å². The van der Waals surface area contributed by atoms with E-state index in [-0.39, 0.29) is 11.1 Å². The maximum absolute atomic E-state index is 11.9. The molecule has 0 saturated heterocycles. The first kappa shape index (κ1) is 11.1. The minimum Gasteiger partial charge on any atom is -0.316 e. The predicted octanol–water partition coefficient (Wildman–Crippen LogP) is 1.69. The number of rotatable bonds is 0. The molecule has 0 aliphatic rings. The van der Waals surface area contributed by atoms with Gasteiger partial charge in [0, 0.05) is 5.41 Å². The Balaban J connectivity index is 3.01. The fraction of sp³-hybridized carbons (Fsp3) is 0.500. The molecule has 5 nitrogen and oxygen atoms in total. The summed E-state index contributed by atoms with van der Waals surface area (Å²) in [4.78, 5) is 21.8. The fourth-order valence-corrected chi connectivity index (χ4v) is 1.85. The highest BCUT2D eigenvalue weighted by atomic mass is 32.1. The van der Waals surface area contributed by atoms with Gasteiger partial charge in [-0.25, -0.2) is 14.2 Å². The van der Waals surface area contributed by atoms with Gasteiger partial charge in [0.2, 0.25) is 0 Å². The molecule has 0 unspecified atom stereocenters. The first-order chi connectivity index (χ1) is 7.30. The van der Waals surface area contributed by atoms with Gasteiger partial charge in [0.05, 0.1) is 5.69 Å². The number of nitrogens with one attached hydrogen (secondary N) is 2. The number of aromatic amines is 2. The summed E-state index contributed by atoms with van der Waals surface area (Å²) in [6.45, 7) is 7.90. The number of nitrogens with zero attached hydrogens (tertiary/aromatic N) is 2. The van der Waals surface area contributed by atoms with Crippen LogP contribution in [0.15, 0.2) is 4.79 Å². The van der Waals surface area contributed by atoms with Gasteiger partial charge < -0.3 is 4.98 Å². The van der Waals surface area contributed by atoms with Gasteiger partial charge in [0.1, 0.15) is 11.5 Å². The Kier molecular flexibility index (Phi) is 2.27. The van der Waals surface area contributed by atoms with Crippen molar-refractivity contribution in [3.05, 3.63) is 26.8 Å². The van der Waals surface area contributed by atoms with Crippen LogP contribution in [-0.2, 0) is 5.41 Å². The largest absolute Gasteiger partial charge is 0.334 e. The molecule has 2 rings (SSSR count). The first-order valence-corrected chi connectivity index (χ1v) is 5.43. The lowest BCUT2D eigenvalue weighted by atomic mass is 9.96. The number of imidazole rings is 1. The van der Waals surface area contributed by atoms with E-state index in [1.807, 2.05) is 27.7 Å². The van der Waals surface area contributed by atoms with Crippen molar-refractivity contribution >= 4 is 17.9 Å². The van der Waals surface area contributed by atoms with Crippen LogP contribution in [0.25, 0.3) is 5.65 Å². The summed E-state index contributed by atoms with van der Waals surface area (Å²) in [5, 5.41) is 0. The van der Waals surface area contributed by atoms with Crippen LogP contribution in [0, 0.1) is 11.7 Å². The zero-order valence-corrected chi connectivity index (χ0v) is 10.5. The van der Waals surface area contributed by atoms with Crippen molar-refractivity contribution in [2.75, 3.05) is 0 Å². The van der Waals surface area contributed by atoms with Crippen LogP contribution in [0.2, 0.25) is 0 Å². The number of H-pyrrole nitrogens is 2. The lowest BCUT2D eigenvalue weighted by Crippen LogP contribution is -2.25. The Morgan fingerprint density at radius 3 is 2.50 bits per heavy atom. The Bertz CT molecular complexity index is 656. The van der Waals surface area contributed by atoms with Crippen LogP contribution in [0.1, 0.15) is 32.3 Å². The van der Waals surface area contributed by atoms with Crippen LogP contribution in [0.3, 0.4) is 0 Å². The minimum atomic E-state index is -0.246. The molecular weight excluding hydrogens is 224 g/mol. The van der Waals surface area contributed by atoms with Gasteiger partial charge in [-0.3, -0.25) is 4.98 Å². The third-order valence-corrected chi connectivity index (χ3v) is 2.58. The summed E-state index contributed by atoms with van der Waals surface area (Å²) in [6, 6.07) is 0. The smallest absolute Gasteiger partial charge is 0.316 e. The van der Waals surface area contributed by atoms with Crippen LogP contribution in [-0.4, -0.2) is 19.4 Å². The lowest BCUT2D eigenvalue weighted by molar-refractivity contribution is 0.536. The van der Waals surface area contributed by atoms with Gasteiger partial charge in [0.25, 0.3) is 0 Å². The second kappa shape index (κ2) is 3.28. The van der Waals surface area contributed by atoms with Gasteiger partial charge in [0.15, 0.2) is 4.77 Å². The normalized spacial score (nSPS) is 12.2. The van der Waals surface area contributed by atoms with E-state index in [0.29, 0.717) is 10.4 Å². The second-order valence-electron chi connectivity index (χ2n) is 4.84. The van der Waals surface area contributed by atoms with Crippen molar-refractivity contribution in [1.82, 2.24) is 19.4 Å². The monoisotopic (exact) mass is 238 g/mol. The molecule has 0 atom stereocenters. The maximum atomic E-state index is 11.9. The number of hydrogen-bond donors (Lipinski definition) is 2. The van der Waals surface area contributed by atoms with E-state index in [1.54, 1.807) is 4.40 Å². The predicted molar refractivity (Wildman–Crippen MR) is 64.4 cm³/mol. The summed E-state index contributed by atoms with van der Waals surface area (Å²) >= 11 is 4.94. The topological polar surface area (TPSA) is 66.0 Å². The minimum absolute atomic E-state index is 0.193. The van der Waals surface area contributed by atoms with Crippen LogP contribution in [0.5, 0.6) is 0 Å². The number of fused-ring (bicyclic) bond motifs is 1. The average Bonchev–Trinajstić information content (AvgIpc) is 2.43. The first-order valence-electron chi connectivity index (χ1n) is 5.03. The van der Waals surface area contributed by atoms with Crippen molar-refractivity contribution in [2.24, 2.45) is 0 Å². The van der Waals surface area contributed by atoms with Gasteiger partial charge in [-0.2, -0.15) is 0 Å². The molecule has 0 amide bonds. The number of aromatic nitrogens is 4. The van der Waals surface area contributed by atoms with Gasteiger partial charge in [-0.15, -0.1) is 0 Å². The van der Waals surface area contributed by atoms with E-state index in [9.17, 15) is 4.79 Å². The van der Waals surface area contributed by atoms with E-state index in [4.69, 9.17) is 12.2 Å². The lowest BCUT2D eigenvalue weighted by Gasteiger charge is -2.15. The SMILES string of the molecule is Cc1nc(C(C)(C)C)n2c(=O)[nH]c(=S)[nH]c12. The summed E-state index contributed by atoms with van der Waals surface area (Å²) < 4.78 is 1.87. The summed E-state index contributed by atoms with van der Waals surface area (Å²) in [7, 11) is 0. The molecule has 0 aromatic carbocycles. The fourth-order valence-electron chi connectivity index (χ4n) is 1.67. The third-order valence-electron chi connectivity index (χ3n) is 2.38. The molecule has 6 heteroatoms. The van der Waals surface area contributed by atoms with Crippen LogP contribution in [0.4, 0.5) is 0 Å². The van der Waals surface area contributed by atoms with Crippen molar-refractivity contribution in [1.29, 1.82) is 0 Å². The summed E-state index contributed by atoms with van der Waals surface area (Å²) in [5.74, 6) is 0.729. The molecule has 0 fully saturated rings. The molecule has 0 spiro atoms. The molecule has 86 valence electrons. The highest BCUT2D eigenvalue weighted by Gasteiger charge is 2.23. The molecule has 0 saturated carbocycles. The third kappa shape index (κ3) is 1.59. The maximum Gasteiger partial charge on any atom is 0.334 e. The molecule has 0 aliphatic carbocycles. The Labute approximate surface area is 97.6 Å². The molecule has 2 aromatic rings. The average molecular weight is 238 g/mol. The van der Waals surface area contributed by atoms with E-state index in [1.165, 1.54) is 0 Å². The quantitative estimate of drug-likeness (QED) is 0.686. The molecular formula is C10H14N4OS. The van der Waals surface area contributed by atoms with Crippen molar-refractivity contribution in [3.8, 4) is 0 Å². The number of aryl methyl sites for hydroxylation is 1. The van der Waals surface area contributed by atoms with E-state index in [0.717, 1.165) is 11.5 Å². The molecule has 2 N–H and O–H groups in total. The van der Waals surface area contributed by atoms with Crippen LogP contribution < -0.4 is 5.69 Å². The molecule has 0 aliphatic heterocycles. The van der Waals surface area contributed by atoms with Gasteiger partial charge in [-0.05, 0) is 19.1 Å². The Morgan fingerprint density at radius 1 is 1.31 bits per heavy atom. The highest BCUT2D eigenvalue weighted by molar-refractivity contribution is 7.71. The standard InChI is InChI=1S/C10H14N4OS/c1-5-6-12-8(16)13-9(15)14(6)7(11-5)10(2,3)4/h1-4H3,(H2,12,13,15,16). The number of hydrogen-bond acceptors (Lipinski definition) is 3. The molecule has 0 bridgehead atoms. The molecule has 0 radical (unpaired) electrons. The van der Waals surface area contributed by atoms with E-state index >= 15 is 0 Å². The summed E-state index contributed by atoms with van der Waals surface area (Å²) in [6.07, 6.45) is 0. The Hall–Kier alpha value is -1.43. The molecule has 16 heavy (non-hydrogen) atoms. The Morgan fingerprint density at radius 2 is 1.94 bits per heavy atom. The molecule has 2 aromatic heterocycles. The van der Waals surface area contributed by atoms with Gasteiger partial charge in [-0.1, -0.05) is 20.8 Å².